The van der Waals surface area contributed by atoms with E-state index in [1.54, 1.807) is 24.3 Å². The van der Waals surface area contributed by atoms with Gasteiger partial charge in [0.1, 0.15) is 0 Å². The van der Waals surface area contributed by atoms with Gasteiger partial charge in [-0.1, -0.05) is 23.2 Å². The Labute approximate surface area is 210 Å². The number of phenolic OH excluding ortho intramolecular Hbond substituents is 2. The van der Waals surface area contributed by atoms with E-state index in [1.165, 1.54) is 14.2 Å². The highest BCUT2D eigenvalue weighted by Crippen LogP contribution is 2.34. The number of ether oxygens (including phenoxy) is 2. The summed E-state index contributed by atoms with van der Waals surface area (Å²) in [6.45, 7) is 3.99. The van der Waals surface area contributed by atoms with Crippen LogP contribution < -0.4 is 20.1 Å². The van der Waals surface area contributed by atoms with Crippen molar-refractivity contribution in [2.24, 2.45) is 9.98 Å². The van der Waals surface area contributed by atoms with Crippen molar-refractivity contribution in [3.05, 3.63) is 45.4 Å². The largest absolute Gasteiger partial charge is 0.504 e. The van der Waals surface area contributed by atoms with Gasteiger partial charge in [0.15, 0.2) is 23.0 Å². The molecule has 0 aliphatic heterocycles. The second-order valence-electron chi connectivity index (χ2n) is 7.36. The third-order valence-corrected chi connectivity index (χ3v) is 5.27. The van der Waals surface area contributed by atoms with E-state index in [9.17, 15) is 10.2 Å². The number of phenols is 2. The highest BCUT2D eigenvalue weighted by atomic mass is 35.5. The summed E-state index contributed by atoms with van der Waals surface area (Å²) < 4.78 is 10.2. The van der Waals surface area contributed by atoms with Crippen LogP contribution in [0.2, 0.25) is 10.0 Å². The van der Waals surface area contributed by atoms with Crippen LogP contribution in [0, 0.1) is 0 Å². The first-order valence-electron chi connectivity index (χ1n) is 10.9. The number of nitrogens with one attached hydrogen (secondary N) is 2. The molecule has 0 atom stereocenters. The predicted molar refractivity (Wildman–Crippen MR) is 139 cm³/mol. The van der Waals surface area contributed by atoms with Crippen LogP contribution in [0.15, 0.2) is 34.3 Å². The summed E-state index contributed by atoms with van der Waals surface area (Å²) in [6, 6.07) is 6.51. The Balaban J connectivity index is 1.52. The van der Waals surface area contributed by atoms with Crippen LogP contribution in [0.5, 0.6) is 23.0 Å². The highest BCUT2D eigenvalue weighted by molar-refractivity contribution is 6.31. The number of benzene rings is 2. The molecule has 0 aliphatic rings. The number of nitrogens with zero attached hydrogens (tertiary/aromatic N) is 2. The topological polar surface area (TPSA) is 108 Å². The highest BCUT2D eigenvalue weighted by Gasteiger charge is 2.10. The fourth-order valence-corrected chi connectivity index (χ4v) is 3.54. The first-order chi connectivity index (χ1) is 16.5. The number of hydrogen-bond donors (Lipinski definition) is 4. The van der Waals surface area contributed by atoms with Crippen LogP contribution in [-0.2, 0) is 13.1 Å². The SMILES string of the molecule is COc1cc(Cl)cc(CN=CCCNCCNCCC=NCc2cc(Cl)cc(OC)c2O)c1O. The van der Waals surface area contributed by atoms with Gasteiger partial charge < -0.3 is 30.3 Å². The van der Waals surface area contributed by atoms with Crippen molar-refractivity contribution in [1.82, 2.24) is 10.6 Å². The van der Waals surface area contributed by atoms with Crippen LogP contribution in [0.25, 0.3) is 0 Å². The molecule has 0 heterocycles. The van der Waals surface area contributed by atoms with Crippen molar-refractivity contribution >= 4 is 35.6 Å². The van der Waals surface area contributed by atoms with E-state index in [-0.39, 0.29) is 11.5 Å². The lowest BCUT2D eigenvalue weighted by Gasteiger charge is -2.08. The molecule has 0 bridgehead atoms. The van der Waals surface area contributed by atoms with E-state index in [0.717, 1.165) is 39.0 Å². The molecular weight excluding hydrogens is 479 g/mol. The summed E-state index contributed by atoms with van der Waals surface area (Å²) in [7, 11) is 2.97. The summed E-state index contributed by atoms with van der Waals surface area (Å²) in [6.07, 6.45) is 5.23. The molecule has 0 saturated heterocycles. The predicted octanol–water partition coefficient (Wildman–Crippen LogP) is 4.22. The molecule has 34 heavy (non-hydrogen) atoms. The molecule has 0 aromatic heterocycles. The maximum Gasteiger partial charge on any atom is 0.162 e. The van der Waals surface area contributed by atoms with Gasteiger partial charge in [0.05, 0.1) is 27.3 Å². The molecule has 4 N–H and O–H groups in total. The Kier molecular flexibility index (Phi) is 12.6. The molecule has 2 rings (SSSR count). The van der Waals surface area contributed by atoms with E-state index in [4.69, 9.17) is 32.7 Å². The molecule has 2 aromatic carbocycles. The quantitative estimate of drug-likeness (QED) is 0.211. The standard InChI is InChI=1S/C24H32Cl2N4O4/c1-33-21-13-19(25)11-17(23(21)31)15-29-7-3-5-27-9-10-28-6-4-8-30-16-18-12-20(26)14-22(34-2)24(18)32/h7-8,11-14,27-28,31-32H,3-6,9-10,15-16H2,1-2H3. The molecule has 0 unspecified atom stereocenters. The Morgan fingerprint density at radius 2 is 1.15 bits per heavy atom. The second kappa shape index (κ2) is 15.4. The van der Waals surface area contributed by atoms with Crippen LogP contribution >= 0.6 is 23.2 Å². The Morgan fingerprint density at radius 1 is 0.735 bits per heavy atom. The summed E-state index contributed by atoms with van der Waals surface area (Å²) in [5.41, 5.74) is 1.26. The Morgan fingerprint density at radius 3 is 1.53 bits per heavy atom. The number of methoxy groups -OCH3 is 2. The molecule has 0 fully saturated rings. The van der Waals surface area contributed by atoms with Crippen molar-refractivity contribution < 1.29 is 19.7 Å². The average molecular weight is 511 g/mol. The number of hydrogen-bond acceptors (Lipinski definition) is 8. The van der Waals surface area contributed by atoms with Gasteiger partial charge in [-0.2, -0.15) is 0 Å². The third kappa shape index (κ3) is 9.38. The molecule has 0 radical (unpaired) electrons. The maximum atomic E-state index is 10.1. The van der Waals surface area contributed by atoms with E-state index in [2.05, 4.69) is 20.6 Å². The van der Waals surface area contributed by atoms with Gasteiger partial charge in [0, 0.05) is 71.9 Å². The first kappa shape index (κ1) is 27.7. The van der Waals surface area contributed by atoms with E-state index in [0.29, 0.717) is 45.8 Å². The lowest BCUT2D eigenvalue weighted by atomic mass is 10.2. The lowest BCUT2D eigenvalue weighted by molar-refractivity contribution is 0.371. The van der Waals surface area contributed by atoms with Crippen molar-refractivity contribution in [2.75, 3.05) is 40.4 Å². The zero-order chi connectivity index (χ0) is 24.8. The van der Waals surface area contributed by atoms with Gasteiger partial charge in [0.2, 0.25) is 0 Å². The Bertz CT molecular complexity index is 893. The molecule has 2 aromatic rings. The summed E-state index contributed by atoms with van der Waals surface area (Å²) in [4.78, 5) is 8.67. The maximum absolute atomic E-state index is 10.1. The van der Waals surface area contributed by atoms with Gasteiger partial charge in [-0.3, -0.25) is 9.98 Å². The average Bonchev–Trinajstić information content (AvgIpc) is 2.82. The van der Waals surface area contributed by atoms with Crippen molar-refractivity contribution in [3.63, 3.8) is 0 Å². The van der Waals surface area contributed by atoms with Crippen LogP contribution in [0.1, 0.15) is 24.0 Å². The van der Waals surface area contributed by atoms with Crippen LogP contribution in [-0.4, -0.2) is 63.0 Å². The van der Waals surface area contributed by atoms with Crippen molar-refractivity contribution in [1.29, 1.82) is 0 Å². The zero-order valence-corrected chi connectivity index (χ0v) is 21.0. The summed E-state index contributed by atoms with van der Waals surface area (Å²) in [5, 5.41) is 27.9. The zero-order valence-electron chi connectivity index (χ0n) is 19.5. The molecule has 0 aliphatic carbocycles. The van der Waals surface area contributed by atoms with Gasteiger partial charge >= 0.3 is 0 Å². The third-order valence-electron chi connectivity index (χ3n) is 4.84. The first-order valence-corrected chi connectivity index (χ1v) is 11.7. The second-order valence-corrected chi connectivity index (χ2v) is 8.23. The normalized spacial score (nSPS) is 11.5. The minimum Gasteiger partial charge on any atom is -0.504 e. The molecular formula is C24H32Cl2N4O4. The molecule has 0 amide bonds. The van der Waals surface area contributed by atoms with E-state index in [1.807, 2.05) is 12.4 Å². The number of halogens is 2. The summed E-state index contributed by atoms with van der Waals surface area (Å²) in [5.74, 6) is 0.834. The molecule has 0 saturated carbocycles. The molecule has 0 spiro atoms. The lowest BCUT2D eigenvalue weighted by Crippen LogP contribution is -2.28. The van der Waals surface area contributed by atoms with Crippen LogP contribution in [0.3, 0.4) is 0 Å². The van der Waals surface area contributed by atoms with Crippen LogP contribution in [0.4, 0.5) is 0 Å². The molecule has 10 heteroatoms. The fourth-order valence-electron chi connectivity index (χ4n) is 3.08. The van der Waals surface area contributed by atoms with Crippen molar-refractivity contribution in [3.8, 4) is 23.0 Å². The Hall–Kier alpha value is -2.52. The monoisotopic (exact) mass is 510 g/mol. The fraction of sp³-hybridized carbons (Fsp3) is 0.417. The van der Waals surface area contributed by atoms with Gasteiger partial charge in [-0.15, -0.1) is 0 Å². The molecule has 8 nitrogen and oxygen atoms in total. The minimum absolute atomic E-state index is 0.0705. The molecule has 186 valence electrons. The summed E-state index contributed by atoms with van der Waals surface area (Å²) >= 11 is 12.0. The van der Waals surface area contributed by atoms with Gasteiger partial charge in [-0.05, 0) is 25.0 Å². The number of aliphatic imine (C=N–C) groups is 2. The van der Waals surface area contributed by atoms with Gasteiger partial charge in [-0.25, -0.2) is 0 Å². The van der Waals surface area contributed by atoms with E-state index >= 15 is 0 Å². The van der Waals surface area contributed by atoms with E-state index < -0.39 is 0 Å². The van der Waals surface area contributed by atoms with Gasteiger partial charge in [0.25, 0.3) is 0 Å². The number of rotatable bonds is 15. The van der Waals surface area contributed by atoms with Crippen molar-refractivity contribution in [2.45, 2.75) is 25.9 Å². The number of aromatic hydroxyl groups is 2. The smallest absolute Gasteiger partial charge is 0.162 e. The minimum atomic E-state index is 0.0705.